The fourth-order valence-corrected chi connectivity index (χ4v) is 1.79. The van der Waals surface area contributed by atoms with Crippen LogP contribution < -0.4 is 0 Å². The molecule has 0 atom stereocenters. The average Bonchev–Trinajstić information content (AvgIpc) is 2.04. The van der Waals surface area contributed by atoms with Crippen LogP contribution >= 0.6 is 0 Å². The Morgan fingerprint density at radius 1 is 1.27 bits per heavy atom. The minimum absolute atomic E-state index is 0.153. The zero-order valence-corrected chi connectivity index (χ0v) is 7.47. The molecule has 1 aliphatic rings. The van der Waals surface area contributed by atoms with Crippen LogP contribution in [0, 0.1) is 0 Å². The second-order valence-corrected chi connectivity index (χ2v) is 3.77. The van der Waals surface area contributed by atoms with Crippen molar-refractivity contribution in [1.82, 2.24) is 4.90 Å². The molecule has 2 heteroatoms. The molecule has 0 aromatic carbocycles. The van der Waals surface area contributed by atoms with Crippen molar-refractivity contribution in [3.05, 3.63) is 0 Å². The molecule has 0 heterocycles. The minimum Gasteiger partial charge on any atom is -0.343 e. The van der Waals surface area contributed by atoms with E-state index in [0.29, 0.717) is 0 Å². The molecule has 0 bridgehead atoms. The number of carbonyl (C=O) groups excluding carboxylic acids is 1. The van der Waals surface area contributed by atoms with Crippen LogP contribution in [-0.2, 0) is 4.79 Å². The molecule has 1 rings (SSSR count). The highest BCUT2D eigenvalue weighted by molar-refractivity contribution is 5.48. The van der Waals surface area contributed by atoms with Crippen LogP contribution in [0.2, 0.25) is 0 Å². The molecule has 0 aliphatic heterocycles. The van der Waals surface area contributed by atoms with Crippen LogP contribution in [0.25, 0.3) is 0 Å². The van der Waals surface area contributed by atoms with E-state index in [4.69, 9.17) is 0 Å². The lowest BCUT2D eigenvalue weighted by molar-refractivity contribution is -0.122. The number of nitrogens with zero attached hydrogens (tertiary/aromatic N) is 1. The number of hydrogen-bond donors (Lipinski definition) is 0. The van der Waals surface area contributed by atoms with E-state index < -0.39 is 0 Å². The van der Waals surface area contributed by atoms with Gasteiger partial charge in [-0.1, -0.05) is 19.3 Å². The lowest BCUT2D eigenvalue weighted by Gasteiger charge is -2.39. The summed E-state index contributed by atoms with van der Waals surface area (Å²) in [6, 6.07) is 0. The molecule has 0 spiro atoms. The van der Waals surface area contributed by atoms with E-state index in [2.05, 4.69) is 6.92 Å². The highest BCUT2D eigenvalue weighted by atomic mass is 16.1. The van der Waals surface area contributed by atoms with Gasteiger partial charge < -0.3 is 4.90 Å². The van der Waals surface area contributed by atoms with Crippen molar-refractivity contribution in [3.63, 3.8) is 0 Å². The summed E-state index contributed by atoms with van der Waals surface area (Å²) in [5, 5.41) is 0. The van der Waals surface area contributed by atoms with Crippen LogP contribution in [0.15, 0.2) is 0 Å². The molecule has 1 saturated carbocycles. The van der Waals surface area contributed by atoms with Gasteiger partial charge in [0.2, 0.25) is 6.41 Å². The van der Waals surface area contributed by atoms with Crippen molar-refractivity contribution < 1.29 is 4.79 Å². The molecule has 0 unspecified atom stereocenters. The Bertz CT molecular complexity index is 138. The van der Waals surface area contributed by atoms with Crippen LogP contribution in [0.1, 0.15) is 39.0 Å². The maximum absolute atomic E-state index is 10.5. The summed E-state index contributed by atoms with van der Waals surface area (Å²) < 4.78 is 0. The summed E-state index contributed by atoms with van der Waals surface area (Å²) in [6.07, 6.45) is 7.17. The summed E-state index contributed by atoms with van der Waals surface area (Å²) in [6.45, 7) is 2.18. The second kappa shape index (κ2) is 3.24. The molecule has 11 heavy (non-hydrogen) atoms. The van der Waals surface area contributed by atoms with Gasteiger partial charge >= 0.3 is 0 Å². The van der Waals surface area contributed by atoms with E-state index >= 15 is 0 Å². The topological polar surface area (TPSA) is 20.3 Å². The monoisotopic (exact) mass is 155 g/mol. The van der Waals surface area contributed by atoms with Crippen LogP contribution in [0.5, 0.6) is 0 Å². The Labute approximate surface area is 68.6 Å². The Hall–Kier alpha value is -0.530. The Balaban J connectivity index is 2.55. The molecule has 0 aromatic rings. The second-order valence-electron chi connectivity index (χ2n) is 3.77. The van der Waals surface area contributed by atoms with Crippen molar-refractivity contribution in [2.75, 3.05) is 7.05 Å². The number of rotatable bonds is 2. The first-order chi connectivity index (χ1) is 5.19. The van der Waals surface area contributed by atoms with E-state index in [1.807, 2.05) is 11.9 Å². The number of amides is 1. The highest BCUT2D eigenvalue weighted by Gasteiger charge is 2.29. The van der Waals surface area contributed by atoms with Gasteiger partial charge in [0, 0.05) is 12.6 Å². The minimum atomic E-state index is 0.153. The fourth-order valence-electron chi connectivity index (χ4n) is 1.79. The summed E-state index contributed by atoms with van der Waals surface area (Å²) in [7, 11) is 1.89. The zero-order chi connectivity index (χ0) is 8.32. The van der Waals surface area contributed by atoms with Crippen molar-refractivity contribution in [1.29, 1.82) is 0 Å². The van der Waals surface area contributed by atoms with Gasteiger partial charge in [0.1, 0.15) is 0 Å². The maximum atomic E-state index is 10.5. The highest BCUT2D eigenvalue weighted by Crippen LogP contribution is 2.31. The molecule has 0 saturated heterocycles. The molecule has 0 radical (unpaired) electrons. The van der Waals surface area contributed by atoms with Gasteiger partial charge in [0.05, 0.1) is 0 Å². The van der Waals surface area contributed by atoms with Gasteiger partial charge in [-0.15, -0.1) is 0 Å². The van der Waals surface area contributed by atoms with Crippen LogP contribution in [0.4, 0.5) is 0 Å². The third kappa shape index (κ3) is 1.73. The summed E-state index contributed by atoms with van der Waals surface area (Å²) in [4.78, 5) is 12.4. The summed E-state index contributed by atoms with van der Waals surface area (Å²) >= 11 is 0. The van der Waals surface area contributed by atoms with Crippen molar-refractivity contribution in [2.45, 2.75) is 44.6 Å². The van der Waals surface area contributed by atoms with Gasteiger partial charge in [0.15, 0.2) is 0 Å². The van der Waals surface area contributed by atoms with Crippen LogP contribution in [0.3, 0.4) is 0 Å². The Morgan fingerprint density at radius 3 is 2.27 bits per heavy atom. The van der Waals surface area contributed by atoms with Gasteiger partial charge in [-0.05, 0) is 19.8 Å². The largest absolute Gasteiger partial charge is 0.343 e. The molecular weight excluding hydrogens is 138 g/mol. The van der Waals surface area contributed by atoms with Gasteiger partial charge in [0.25, 0.3) is 0 Å². The Kier molecular flexibility index (Phi) is 2.53. The van der Waals surface area contributed by atoms with Gasteiger partial charge in [-0.3, -0.25) is 4.79 Å². The number of carbonyl (C=O) groups is 1. The third-order valence-corrected chi connectivity index (χ3v) is 2.94. The normalized spacial score (nSPS) is 22.7. The standard InChI is InChI=1S/C9H17NO/c1-9(10(2)8-11)6-4-3-5-7-9/h8H,3-7H2,1-2H3. The van der Waals surface area contributed by atoms with E-state index in [9.17, 15) is 4.79 Å². The molecule has 0 aromatic heterocycles. The molecule has 2 nitrogen and oxygen atoms in total. The first-order valence-corrected chi connectivity index (χ1v) is 4.37. The van der Waals surface area contributed by atoms with Crippen LogP contribution in [-0.4, -0.2) is 23.9 Å². The zero-order valence-electron chi connectivity index (χ0n) is 7.47. The molecule has 1 amide bonds. The van der Waals surface area contributed by atoms with E-state index in [1.54, 1.807) is 0 Å². The smallest absolute Gasteiger partial charge is 0.209 e. The predicted octanol–water partition coefficient (Wildman–Crippen LogP) is 1.80. The number of hydrogen-bond acceptors (Lipinski definition) is 1. The summed E-state index contributed by atoms with van der Waals surface area (Å²) in [5.74, 6) is 0. The molecule has 64 valence electrons. The molecule has 1 fully saturated rings. The molecule has 0 N–H and O–H groups in total. The first-order valence-electron chi connectivity index (χ1n) is 4.37. The lowest BCUT2D eigenvalue weighted by Crippen LogP contribution is -2.44. The van der Waals surface area contributed by atoms with Crippen molar-refractivity contribution in [2.24, 2.45) is 0 Å². The first kappa shape index (κ1) is 8.57. The Morgan fingerprint density at radius 2 is 1.82 bits per heavy atom. The van der Waals surface area contributed by atoms with Gasteiger partial charge in [-0.25, -0.2) is 0 Å². The maximum Gasteiger partial charge on any atom is 0.209 e. The third-order valence-electron chi connectivity index (χ3n) is 2.94. The van der Waals surface area contributed by atoms with E-state index in [0.717, 1.165) is 6.41 Å². The SMILES string of the molecule is CN(C=O)C1(C)CCCCC1. The molecular formula is C9H17NO. The van der Waals surface area contributed by atoms with Crippen molar-refractivity contribution >= 4 is 6.41 Å². The van der Waals surface area contributed by atoms with E-state index in [-0.39, 0.29) is 5.54 Å². The average molecular weight is 155 g/mol. The van der Waals surface area contributed by atoms with Crippen molar-refractivity contribution in [3.8, 4) is 0 Å². The fraction of sp³-hybridized carbons (Fsp3) is 0.889. The summed E-state index contributed by atoms with van der Waals surface area (Å²) in [5.41, 5.74) is 0.153. The molecule has 1 aliphatic carbocycles. The van der Waals surface area contributed by atoms with E-state index in [1.165, 1.54) is 32.1 Å². The van der Waals surface area contributed by atoms with Gasteiger partial charge in [-0.2, -0.15) is 0 Å². The lowest BCUT2D eigenvalue weighted by atomic mass is 9.82. The quantitative estimate of drug-likeness (QED) is 0.557. The predicted molar refractivity (Wildman–Crippen MR) is 45.3 cm³/mol.